The lowest BCUT2D eigenvalue weighted by atomic mass is 10.1. The summed E-state index contributed by atoms with van der Waals surface area (Å²) in [6.07, 6.45) is 0. The van der Waals surface area contributed by atoms with Gasteiger partial charge >= 0.3 is 0 Å². The van der Waals surface area contributed by atoms with Crippen molar-refractivity contribution in [3.63, 3.8) is 0 Å². The Hall–Kier alpha value is -2.73. The van der Waals surface area contributed by atoms with E-state index < -0.39 is 0 Å². The number of nitrogens with zero attached hydrogens (tertiary/aromatic N) is 1. The number of thiazole rings is 1. The third kappa shape index (κ3) is 3.44. The van der Waals surface area contributed by atoms with Crippen molar-refractivity contribution in [2.75, 3.05) is 26.6 Å². The van der Waals surface area contributed by atoms with Crippen LogP contribution < -0.4 is 19.5 Å². The van der Waals surface area contributed by atoms with Crippen molar-refractivity contribution >= 4 is 22.2 Å². The molecule has 0 unspecified atom stereocenters. The van der Waals surface area contributed by atoms with E-state index in [4.69, 9.17) is 14.2 Å². The van der Waals surface area contributed by atoms with E-state index in [0.29, 0.717) is 0 Å². The van der Waals surface area contributed by atoms with Gasteiger partial charge in [-0.3, -0.25) is 0 Å². The van der Waals surface area contributed by atoms with Crippen LogP contribution in [0.3, 0.4) is 0 Å². The zero-order valence-corrected chi connectivity index (χ0v) is 14.5. The lowest BCUT2D eigenvalue weighted by Crippen LogP contribution is -1.92. The molecule has 0 bridgehead atoms. The number of hydrogen-bond donors (Lipinski definition) is 1. The first-order chi connectivity index (χ1) is 11.7. The number of methoxy groups -OCH3 is 3. The molecule has 3 rings (SSSR count). The van der Waals surface area contributed by atoms with Crippen molar-refractivity contribution in [3.8, 4) is 28.5 Å². The molecule has 6 heteroatoms. The molecule has 0 aliphatic carbocycles. The number of benzene rings is 2. The lowest BCUT2D eigenvalue weighted by Gasteiger charge is -2.08. The zero-order valence-electron chi connectivity index (χ0n) is 13.7. The van der Waals surface area contributed by atoms with Gasteiger partial charge in [0.2, 0.25) is 0 Å². The summed E-state index contributed by atoms with van der Waals surface area (Å²) in [5, 5.41) is 6.10. The van der Waals surface area contributed by atoms with E-state index in [1.54, 1.807) is 21.3 Å². The van der Waals surface area contributed by atoms with Crippen molar-refractivity contribution in [1.29, 1.82) is 0 Å². The van der Waals surface area contributed by atoms with Crippen LogP contribution in [0.15, 0.2) is 47.8 Å². The standard InChI is InChI=1S/C18H18N2O3S/c1-21-13-6-4-12(5-7-13)19-18-20-16(11-24-18)15-9-8-14(22-2)10-17(15)23-3/h4-11H,1-3H3,(H,19,20). The van der Waals surface area contributed by atoms with Gasteiger partial charge in [-0.15, -0.1) is 11.3 Å². The highest BCUT2D eigenvalue weighted by atomic mass is 32.1. The fourth-order valence-electron chi connectivity index (χ4n) is 2.26. The maximum absolute atomic E-state index is 5.45. The van der Waals surface area contributed by atoms with Crippen molar-refractivity contribution in [1.82, 2.24) is 4.98 Å². The molecule has 0 spiro atoms. The maximum Gasteiger partial charge on any atom is 0.187 e. The van der Waals surface area contributed by atoms with E-state index in [2.05, 4.69) is 10.3 Å². The highest BCUT2D eigenvalue weighted by molar-refractivity contribution is 7.14. The van der Waals surface area contributed by atoms with Crippen molar-refractivity contribution in [3.05, 3.63) is 47.8 Å². The Bertz CT molecular complexity index is 815. The highest BCUT2D eigenvalue weighted by Crippen LogP contribution is 2.35. The predicted molar refractivity (Wildman–Crippen MR) is 96.9 cm³/mol. The van der Waals surface area contributed by atoms with E-state index in [0.717, 1.165) is 39.3 Å². The van der Waals surface area contributed by atoms with Gasteiger partial charge in [0.25, 0.3) is 0 Å². The molecule has 3 aromatic rings. The Morgan fingerprint density at radius 1 is 0.875 bits per heavy atom. The van der Waals surface area contributed by atoms with Crippen LogP contribution in [-0.4, -0.2) is 26.3 Å². The molecule has 0 radical (unpaired) electrons. The molecule has 5 nitrogen and oxygen atoms in total. The molecular formula is C18H18N2O3S. The summed E-state index contributed by atoms with van der Waals surface area (Å²) in [6.45, 7) is 0. The molecule has 0 saturated heterocycles. The lowest BCUT2D eigenvalue weighted by molar-refractivity contribution is 0.395. The summed E-state index contributed by atoms with van der Waals surface area (Å²) in [5.41, 5.74) is 2.74. The topological polar surface area (TPSA) is 52.6 Å². The van der Waals surface area contributed by atoms with E-state index >= 15 is 0 Å². The third-order valence-electron chi connectivity index (χ3n) is 3.53. The Morgan fingerprint density at radius 3 is 2.25 bits per heavy atom. The minimum absolute atomic E-state index is 0.732. The summed E-state index contributed by atoms with van der Waals surface area (Å²) >= 11 is 1.54. The monoisotopic (exact) mass is 342 g/mol. The number of rotatable bonds is 6. The average molecular weight is 342 g/mol. The molecule has 0 amide bonds. The van der Waals surface area contributed by atoms with Crippen LogP contribution in [-0.2, 0) is 0 Å². The van der Waals surface area contributed by atoms with Crippen LogP contribution in [0.25, 0.3) is 11.3 Å². The van der Waals surface area contributed by atoms with Crippen LogP contribution in [0.5, 0.6) is 17.2 Å². The summed E-state index contributed by atoms with van der Waals surface area (Å²) in [6, 6.07) is 13.4. The van der Waals surface area contributed by atoms with E-state index in [1.807, 2.05) is 47.8 Å². The minimum Gasteiger partial charge on any atom is -0.497 e. The van der Waals surface area contributed by atoms with E-state index in [1.165, 1.54) is 11.3 Å². The Morgan fingerprint density at radius 2 is 1.58 bits per heavy atom. The molecule has 1 N–H and O–H groups in total. The number of aromatic nitrogens is 1. The molecular weight excluding hydrogens is 324 g/mol. The van der Waals surface area contributed by atoms with Crippen LogP contribution >= 0.6 is 11.3 Å². The quantitative estimate of drug-likeness (QED) is 0.710. The maximum atomic E-state index is 5.45. The third-order valence-corrected chi connectivity index (χ3v) is 4.29. The smallest absolute Gasteiger partial charge is 0.187 e. The second kappa shape index (κ2) is 7.23. The van der Waals surface area contributed by atoms with Crippen LogP contribution in [0, 0.1) is 0 Å². The zero-order chi connectivity index (χ0) is 16.9. The van der Waals surface area contributed by atoms with E-state index in [9.17, 15) is 0 Å². The van der Waals surface area contributed by atoms with Gasteiger partial charge < -0.3 is 19.5 Å². The second-order valence-corrected chi connectivity index (χ2v) is 5.82. The molecule has 0 aliphatic rings. The summed E-state index contributed by atoms with van der Waals surface area (Å²) < 4.78 is 15.8. The molecule has 0 atom stereocenters. The Kier molecular flexibility index (Phi) is 4.86. The molecule has 0 aliphatic heterocycles. The SMILES string of the molecule is COc1ccc(Nc2nc(-c3ccc(OC)cc3OC)cs2)cc1. The van der Waals surface area contributed by atoms with Gasteiger partial charge in [-0.2, -0.15) is 0 Å². The fraction of sp³-hybridized carbons (Fsp3) is 0.167. The first-order valence-corrected chi connectivity index (χ1v) is 8.20. The van der Waals surface area contributed by atoms with Crippen LogP contribution in [0.1, 0.15) is 0 Å². The van der Waals surface area contributed by atoms with Gasteiger partial charge in [0.05, 0.1) is 27.0 Å². The molecule has 1 aromatic heterocycles. The fourth-order valence-corrected chi connectivity index (χ4v) is 2.99. The molecule has 0 fully saturated rings. The average Bonchev–Trinajstić information content (AvgIpc) is 3.10. The minimum atomic E-state index is 0.732. The number of anilines is 2. The molecule has 2 aromatic carbocycles. The molecule has 1 heterocycles. The number of hydrogen-bond acceptors (Lipinski definition) is 6. The summed E-state index contributed by atoms with van der Waals surface area (Å²) in [4.78, 5) is 4.64. The molecule has 124 valence electrons. The predicted octanol–water partition coefficient (Wildman–Crippen LogP) is 4.58. The van der Waals surface area contributed by atoms with Gasteiger partial charge in [-0.05, 0) is 36.4 Å². The first-order valence-electron chi connectivity index (χ1n) is 7.32. The largest absolute Gasteiger partial charge is 0.497 e. The molecule has 0 saturated carbocycles. The van der Waals surface area contributed by atoms with Crippen LogP contribution in [0.4, 0.5) is 10.8 Å². The van der Waals surface area contributed by atoms with Gasteiger partial charge in [-0.1, -0.05) is 0 Å². The van der Waals surface area contributed by atoms with Gasteiger partial charge in [0, 0.05) is 22.7 Å². The Labute approximate surface area is 144 Å². The highest BCUT2D eigenvalue weighted by Gasteiger charge is 2.11. The normalized spacial score (nSPS) is 10.3. The summed E-state index contributed by atoms with van der Waals surface area (Å²) in [5.74, 6) is 2.31. The summed E-state index contributed by atoms with van der Waals surface area (Å²) in [7, 11) is 4.92. The van der Waals surface area contributed by atoms with Gasteiger partial charge in [0.15, 0.2) is 5.13 Å². The molecule has 24 heavy (non-hydrogen) atoms. The number of nitrogens with one attached hydrogen (secondary N) is 1. The number of ether oxygens (including phenoxy) is 3. The van der Waals surface area contributed by atoms with Gasteiger partial charge in [0.1, 0.15) is 17.2 Å². The Balaban J connectivity index is 1.82. The van der Waals surface area contributed by atoms with Crippen molar-refractivity contribution in [2.45, 2.75) is 0 Å². The van der Waals surface area contributed by atoms with Gasteiger partial charge in [-0.25, -0.2) is 4.98 Å². The first kappa shape index (κ1) is 16.1. The van der Waals surface area contributed by atoms with Crippen molar-refractivity contribution in [2.24, 2.45) is 0 Å². The van der Waals surface area contributed by atoms with E-state index in [-0.39, 0.29) is 0 Å². The second-order valence-electron chi connectivity index (χ2n) is 4.96. The van der Waals surface area contributed by atoms with Crippen LogP contribution in [0.2, 0.25) is 0 Å². The van der Waals surface area contributed by atoms with Crippen molar-refractivity contribution < 1.29 is 14.2 Å².